The Morgan fingerprint density at radius 2 is 1.89 bits per heavy atom. The van der Waals surface area contributed by atoms with Crippen LogP contribution in [0.4, 0.5) is 0 Å². The van der Waals surface area contributed by atoms with Crippen molar-refractivity contribution in [3.8, 4) is 11.5 Å². The number of ether oxygens (including phenoxy) is 3. The summed E-state index contributed by atoms with van der Waals surface area (Å²) < 4.78 is 16.0. The van der Waals surface area contributed by atoms with Gasteiger partial charge < -0.3 is 19.5 Å². The lowest BCUT2D eigenvalue weighted by molar-refractivity contribution is -0.731. The number of imide groups is 1. The summed E-state index contributed by atoms with van der Waals surface area (Å²) in [7, 11) is 3.09. The smallest absolute Gasteiger partial charge is 0.368 e. The SMILES string of the molecule is CCOC(=O)[C@]1(C)[NH2+][C@@H](c2ccc(OC)cc2OC)[C@H]2C(=O)N(CC)C(=O)[C@H]21. The molecule has 152 valence electrons. The summed E-state index contributed by atoms with van der Waals surface area (Å²) in [6.07, 6.45) is 0. The third-order valence-electron chi connectivity index (χ3n) is 5.83. The molecule has 8 heteroatoms. The van der Waals surface area contributed by atoms with Gasteiger partial charge >= 0.3 is 5.97 Å². The second-order valence-electron chi connectivity index (χ2n) is 7.23. The number of nitrogens with two attached hydrogens (primary N) is 1. The lowest BCUT2D eigenvalue weighted by Gasteiger charge is -2.26. The number of amides is 2. The highest BCUT2D eigenvalue weighted by atomic mass is 16.5. The van der Waals surface area contributed by atoms with Gasteiger partial charge in [0.15, 0.2) is 0 Å². The van der Waals surface area contributed by atoms with Crippen molar-refractivity contribution in [1.29, 1.82) is 0 Å². The average molecular weight is 391 g/mol. The van der Waals surface area contributed by atoms with E-state index in [2.05, 4.69) is 0 Å². The Morgan fingerprint density at radius 1 is 1.18 bits per heavy atom. The maximum atomic E-state index is 13.1. The monoisotopic (exact) mass is 391 g/mol. The molecule has 3 rings (SSSR count). The van der Waals surface area contributed by atoms with Crippen LogP contribution in [0.2, 0.25) is 0 Å². The molecule has 0 spiro atoms. The minimum Gasteiger partial charge on any atom is -0.497 e. The Bertz CT molecular complexity index is 810. The topological polar surface area (TPSA) is 98.8 Å². The van der Waals surface area contributed by atoms with E-state index in [1.165, 1.54) is 12.0 Å². The number of likely N-dealkylation sites (tertiary alicyclic amines) is 1. The molecule has 0 radical (unpaired) electrons. The molecular weight excluding hydrogens is 364 g/mol. The molecule has 0 unspecified atom stereocenters. The van der Waals surface area contributed by atoms with Crippen LogP contribution in [-0.2, 0) is 19.1 Å². The first kappa shape index (κ1) is 20.1. The van der Waals surface area contributed by atoms with Crippen molar-refractivity contribution in [2.75, 3.05) is 27.4 Å². The van der Waals surface area contributed by atoms with Gasteiger partial charge in [-0.05, 0) is 26.0 Å². The van der Waals surface area contributed by atoms with Gasteiger partial charge in [-0.3, -0.25) is 14.5 Å². The normalized spacial score (nSPS) is 29.0. The van der Waals surface area contributed by atoms with E-state index in [0.29, 0.717) is 11.5 Å². The minimum absolute atomic E-state index is 0.204. The van der Waals surface area contributed by atoms with Gasteiger partial charge in [-0.15, -0.1) is 0 Å². The number of quaternary nitrogens is 1. The van der Waals surface area contributed by atoms with Crippen molar-refractivity contribution in [2.24, 2.45) is 11.8 Å². The van der Waals surface area contributed by atoms with Crippen molar-refractivity contribution >= 4 is 17.8 Å². The molecule has 2 aliphatic rings. The fourth-order valence-electron chi connectivity index (χ4n) is 4.49. The van der Waals surface area contributed by atoms with Crippen molar-refractivity contribution in [2.45, 2.75) is 32.4 Å². The third kappa shape index (κ3) is 2.83. The first-order valence-corrected chi connectivity index (χ1v) is 9.44. The van der Waals surface area contributed by atoms with E-state index in [1.54, 1.807) is 45.3 Å². The summed E-state index contributed by atoms with van der Waals surface area (Å²) in [4.78, 5) is 40.1. The van der Waals surface area contributed by atoms with Crippen LogP contribution in [0.25, 0.3) is 0 Å². The molecule has 2 N–H and O–H groups in total. The van der Waals surface area contributed by atoms with E-state index >= 15 is 0 Å². The zero-order chi connectivity index (χ0) is 20.6. The van der Waals surface area contributed by atoms with E-state index in [9.17, 15) is 14.4 Å². The molecule has 1 aromatic rings. The highest BCUT2D eigenvalue weighted by Gasteiger charge is 2.70. The Labute approximate surface area is 164 Å². The van der Waals surface area contributed by atoms with Gasteiger partial charge in [0.25, 0.3) is 0 Å². The van der Waals surface area contributed by atoms with Gasteiger partial charge in [0, 0.05) is 19.5 Å². The lowest BCUT2D eigenvalue weighted by Crippen LogP contribution is -2.97. The summed E-state index contributed by atoms with van der Waals surface area (Å²) in [6.45, 7) is 5.64. The zero-order valence-electron chi connectivity index (χ0n) is 16.9. The number of hydrogen-bond donors (Lipinski definition) is 1. The molecule has 2 aliphatic heterocycles. The van der Waals surface area contributed by atoms with Crippen LogP contribution in [-0.4, -0.2) is 55.6 Å². The van der Waals surface area contributed by atoms with E-state index in [4.69, 9.17) is 14.2 Å². The first-order chi connectivity index (χ1) is 13.3. The zero-order valence-corrected chi connectivity index (χ0v) is 16.9. The minimum atomic E-state index is -1.19. The lowest BCUT2D eigenvalue weighted by atomic mass is 9.80. The number of methoxy groups -OCH3 is 2. The molecule has 0 saturated carbocycles. The van der Waals surface area contributed by atoms with Gasteiger partial charge in [0.05, 0.1) is 26.4 Å². The predicted molar refractivity (Wildman–Crippen MR) is 98.6 cm³/mol. The quantitative estimate of drug-likeness (QED) is 0.552. The van der Waals surface area contributed by atoms with Crippen LogP contribution in [0.5, 0.6) is 11.5 Å². The summed E-state index contributed by atoms with van der Waals surface area (Å²) in [6, 6.07) is 4.88. The van der Waals surface area contributed by atoms with E-state index < -0.39 is 29.4 Å². The first-order valence-electron chi connectivity index (χ1n) is 9.44. The molecule has 0 aliphatic carbocycles. The number of rotatable bonds is 6. The summed E-state index contributed by atoms with van der Waals surface area (Å²) in [5, 5.41) is 1.79. The molecular formula is C20H27N2O6+. The number of fused-ring (bicyclic) bond motifs is 1. The largest absolute Gasteiger partial charge is 0.497 e. The Hall–Kier alpha value is -2.61. The van der Waals surface area contributed by atoms with Crippen LogP contribution in [0.1, 0.15) is 32.4 Å². The van der Waals surface area contributed by atoms with Crippen LogP contribution in [0.15, 0.2) is 18.2 Å². The second kappa shape index (κ2) is 7.43. The van der Waals surface area contributed by atoms with Crippen molar-refractivity contribution in [1.82, 2.24) is 4.90 Å². The Balaban J connectivity index is 2.12. The number of carbonyl (C=O) groups excluding carboxylic acids is 3. The number of carbonyl (C=O) groups is 3. The number of benzene rings is 1. The summed E-state index contributed by atoms with van der Waals surface area (Å²) in [5.74, 6) is -1.35. The maximum Gasteiger partial charge on any atom is 0.368 e. The molecule has 0 bridgehead atoms. The van der Waals surface area contributed by atoms with E-state index in [0.717, 1.165) is 5.56 Å². The molecule has 4 atom stereocenters. The molecule has 0 aromatic heterocycles. The van der Waals surface area contributed by atoms with Crippen LogP contribution in [0, 0.1) is 11.8 Å². The number of hydrogen-bond acceptors (Lipinski definition) is 6. The molecule has 8 nitrogen and oxygen atoms in total. The highest BCUT2D eigenvalue weighted by molar-refractivity contribution is 6.08. The van der Waals surface area contributed by atoms with Gasteiger partial charge in [-0.2, -0.15) is 0 Å². The highest BCUT2D eigenvalue weighted by Crippen LogP contribution is 2.46. The second-order valence-corrected chi connectivity index (χ2v) is 7.23. The number of nitrogens with zero attached hydrogens (tertiary/aromatic N) is 1. The molecule has 2 amide bonds. The Morgan fingerprint density at radius 3 is 2.46 bits per heavy atom. The molecule has 2 saturated heterocycles. The van der Waals surface area contributed by atoms with Gasteiger partial charge in [0.2, 0.25) is 17.4 Å². The van der Waals surface area contributed by atoms with Crippen molar-refractivity contribution in [3.05, 3.63) is 23.8 Å². The fraction of sp³-hybridized carbons (Fsp3) is 0.550. The molecule has 2 fully saturated rings. The van der Waals surface area contributed by atoms with Crippen LogP contribution >= 0.6 is 0 Å². The standard InChI is InChI=1S/C20H26N2O6/c1-6-22-17(23)14-15(18(22)24)20(3,19(25)28-7-2)21-16(14)12-9-8-11(26-4)10-13(12)27-5/h8-10,14-16,21H,6-7H2,1-5H3/p+1/t14-,15-,16-,20+/m0/s1. The van der Waals surface area contributed by atoms with Crippen molar-refractivity contribution < 1.29 is 33.9 Å². The Kier molecular flexibility index (Phi) is 5.34. The predicted octanol–water partition coefficient (Wildman–Crippen LogP) is 0.265. The number of esters is 1. The maximum absolute atomic E-state index is 13.1. The van der Waals surface area contributed by atoms with Gasteiger partial charge in [0.1, 0.15) is 29.4 Å². The summed E-state index contributed by atoms with van der Waals surface area (Å²) in [5.41, 5.74) is -0.446. The van der Waals surface area contributed by atoms with Crippen molar-refractivity contribution in [3.63, 3.8) is 0 Å². The summed E-state index contributed by atoms with van der Waals surface area (Å²) >= 11 is 0. The molecule has 1 aromatic carbocycles. The molecule has 2 heterocycles. The van der Waals surface area contributed by atoms with E-state index in [1.807, 2.05) is 6.07 Å². The third-order valence-corrected chi connectivity index (χ3v) is 5.83. The molecule has 28 heavy (non-hydrogen) atoms. The van der Waals surface area contributed by atoms with E-state index in [-0.39, 0.29) is 25.0 Å². The van der Waals surface area contributed by atoms with Gasteiger partial charge in [-0.25, -0.2) is 4.79 Å². The fourth-order valence-corrected chi connectivity index (χ4v) is 4.49. The average Bonchev–Trinajstić information content (AvgIpc) is 3.15. The van der Waals surface area contributed by atoms with Crippen LogP contribution in [0.3, 0.4) is 0 Å². The van der Waals surface area contributed by atoms with Crippen LogP contribution < -0.4 is 14.8 Å². The van der Waals surface area contributed by atoms with Gasteiger partial charge in [-0.1, -0.05) is 0 Å².